The average molecular weight is 360 g/mol. The van der Waals surface area contributed by atoms with Gasteiger partial charge in [0, 0.05) is 6.42 Å². The predicted octanol–water partition coefficient (Wildman–Crippen LogP) is 4.33. The lowest BCUT2D eigenvalue weighted by Crippen LogP contribution is -2.29. The van der Waals surface area contributed by atoms with E-state index in [1.54, 1.807) is 6.07 Å². The monoisotopic (exact) mass is 360 g/mol. The number of nitrogen functional groups attached to an aromatic ring is 1. The summed E-state index contributed by atoms with van der Waals surface area (Å²) in [5.74, 6) is 0.654. The number of ether oxygens (including phenoxy) is 1. The molecule has 0 aliphatic rings. The fourth-order valence-electron chi connectivity index (χ4n) is 2.91. The Balaban J connectivity index is 1.56. The first-order valence-corrected chi connectivity index (χ1v) is 9.10. The Bertz CT molecular complexity index is 811. The van der Waals surface area contributed by atoms with Crippen LogP contribution in [0.3, 0.4) is 0 Å². The van der Waals surface area contributed by atoms with Crippen molar-refractivity contribution in [3.05, 3.63) is 96.1 Å². The molecule has 3 aromatic rings. The van der Waals surface area contributed by atoms with Crippen LogP contribution in [0.1, 0.15) is 30.0 Å². The van der Waals surface area contributed by atoms with E-state index in [-0.39, 0.29) is 11.9 Å². The van der Waals surface area contributed by atoms with Crippen molar-refractivity contribution in [3.8, 4) is 5.75 Å². The van der Waals surface area contributed by atoms with Crippen molar-refractivity contribution >= 4 is 11.6 Å². The standard InChI is InChI=1S/C23H24N2O2/c24-20-14-7-8-15-21(20)27-17-9-16-22(26)25-23(18-10-3-1-4-11-18)19-12-5-2-6-13-19/h1-8,10-15,23H,9,16-17,24H2,(H,25,26). The van der Waals surface area contributed by atoms with E-state index in [1.165, 1.54) is 0 Å². The zero-order chi connectivity index (χ0) is 18.9. The molecule has 0 radical (unpaired) electrons. The summed E-state index contributed by atoms with van der Waals surface area (Å²) in [6.45, 7) is 0.447. The second-order valence-corrected chi connectivity index (χ2v) is 6.31. The first-order valence-electron chi connectivity index (χ1n) is 9.10. The molecule has 0 heterocycles. The summed E-state index contributed by atoms with van der Waals surface area (Å²) in [4.78, 5) is 12.5. The normalized spacial score (nSPS) is 10.6. The zero-order valence-electron chi connectivity index (χ0n) is 15.2. The topological polar surface area (TPSA) is 64.3 Å². The number of amides is 1. The van der Waals surface area contributed by atoms with Crippen molar-refractivity contribution < 1.29 is 9.53 Å². The smallest absolute Gasteiger partial charge is 0.220 e. The molecule has 138 valence electrons. The number of rotatable bonds is 8. The Morgan fingerprint density at radius 3 is 2.00 bits per heavy atom. The molecule has 3 N–H and O–H groups in total. The number of hydrogen-bond donors (Lipinski definition) is 2. The number of carbonyl (C=O) groups excluding carboxylic acids is 1. The minimum Gasteiger partial charge on any atom is -0.491 e. The highest BCUT2D eigenvalue weighted by Crippen LogP contribution is 2.22. The Morgan fingerprint density at radius 1 is 0.852 bits per heavy atom. The average Bonchev–Trinajstić information content (AvgIpc) is 2.72. The summed E-state index contributed by atoms with van der Waals surface area (Å²) in [6.07, 6.45) is 1.01. The molecular weight excluding hydrogens is 336 g/mol. The van der Waals surface area contributed by atoms with Gasteiger partial charge >= 0.3 is 0 Å². The third kappa shape index (κ3) is 5.35. The maximum Gasteiger partial charge on any atom is 0.220 e. The van der Waals surface area contributed by atoms with Gasteiger partial charge in [-0.3, -0.25) is 4.79 Å². The molecule has 0 spiro atoms. The fraction of sp³-hybridized carbons (Fsp3) is 0.174. The molecule has 4 heteroatoms. The lowest BCUT2D eigenvalue weighted by molar-refractivity contribution is -0.121. The van der Waals surface area contributed by atoms with Gasteiger partial charge in [0.05, 0.1) is 18.3 Å². The van der Waals surface area contributed by atoms with E-state index < -0.39 is 0 Å². The van der Waals surface area contributed by atoms with Crippen LogP contribution in [-0.2, 0) is 4.79 Å². The first kappa shape index (κ1) is 18.5. The van der Waals surface area contributed by atoms with Crippen molar-refractivity contribution in [2.24, 2.45) is 0 Å². The highest BCUT2D eigenvalue weighted by molar-refractivity contribution is 5.77. The van der Waals surface area contributed by atoms with Gasteiger partial charge in [-0.2, -0.15) is 0 Å². The van der Waals surface area contributed by atoms with E-state index >= 15 is 0 Å². The molecule has 3 aromatic carbocycles. The molecule has 0 atom stereocenters. The largest absolute Gasteiger partial charge is 0.491 e. The first-order chi connectivity index (χ1) is 13.2. The third-order valence-corrected chi connectivity index (χ3v) is 4.30. The second kappa shape index (κ2) is 9.43. The second-order valence-electron chi connectivity index (χ2n) is 6.31. The Hall–Kier alpha value is -3.27. The highest BCUT2D eigenvalue weighted by Gasteiger charge is 2.16. The summed E-state index contributed by atoms with van der Waals surface area (Å²) >= 11 is 0. The van der Waals surface area contributed by atoms with Gasteiger partial charge in [-0.25, -0.2) is 0 Å². The van der Waals surface area contributed by atoms with Crippen LogP contribution < -0.4 is 15.8 Å². The van der Waals surface area contributed by atoms with Crippen LogP contribution in [0.15, 0.2) is 84.9 Å². The molecule has 4 nitrogen and oxygen atoms in total. The molecule has 1 amide bonds. The molecule has 3 rings (SSSR count). The zero-order valence-corrected chi connectivity index (χ0v) is 15.2. The van der Waals surface area contributed by atoms with E-state index in [1.807, 2.05) is 78.9 Å². The Morgan fingerprint density at radius 2 is 1.41 bits per heavy atom. The molecule has 27 heavy (non-hydrogen) atoms. The summed E-state index contributed by atoms with van der Waals surface area (Å²) in [5.41, 5.74) is 8.58. The molecule has 0 aliphatic carbocycles. The molecule has 0 aromatic heterocycles. The van der Waals surface area contributed by atoms with Gasteiger partial charge in [0.2, 0.25) is 5.91 Å². The predicted molar refractivity (Wildman–Crippen MR) is 108 cm³/mol. The Labute approximate surface area is 160 Å². The van der Waals surface area contributed by atoms with Crippen LogP contribution in [-0.4, -0.2) is 12.5 Å². The van der Waals surface area contributed by atoms with E-state index in [2.05, 4.69) is 5.32 Å². The number of nitrogens with two attached hydrogens (primary N) is 1. The molecule has 0 aliphatic heterocycles. The van der Waals surface area contributed by atoms with Crippen molar-refractivity contribution in [1.82, 2.24) is 5.32 Å². The highest BCUT2D eigenvalue weighted by atomic mass is 16.5. The van der Waals surface area contributed by atoms with Crippen LogP contribution >= 0.6 is 0 Å². The lowest BCUT2D eigenvalue weighted by Gasteiger charge is -2.20. The maximum absolute atomic E-state index is 12.5. The summed E-state index contributed by atoms with van der Waals surface area (Å²) < 4.78 is 5.66. The summed E-state index contributed by atoms with van der Waals surface area (Å²) in [6, 6.07) is 27.2. The van der Waals surface area contributed by atoms with Crippen LogP contribution in [0.2, 0.25) is 0 Å². The van der Waals surface area contributed by atoms with Crippen molar-refractivity contribution in [2.45, 2.75) is 18.9 Å². The minimum absolute atomic E-state index is 0.00246. The van der Waals surface area contributed by atoms with E-state index in [0.29, 0.717) is 30.9 Å². The summed E-state index contributed by atoms with van der Waals surface area (Å²) in [7, 11) is 0. The van der Waals surface area contributed by atoms with Gasteiger partial charge < -0.3 is 15.8 Å². The minimum atomic E-state index is -0.161. The molecule has 0 bridgehead atoms. The molecule has 0 saturated carbocycles. The number of anilines is 1. The van der Waals surface area contributed by atoms with Crippen molar-refractivity contribution in [3.63, 3.8) is 0 Å². The van der Waals surface area contributed by atoms with E-state index in [0.717, 1.165) is 11.1 Å². The van der Waals surface area contributed by atoms with Gasteiger partial charge in [-0.1, -0.05) is 72.8 Å². The SMILES string of the molecule is Nc1ccccc1OCCCC(=O)NC(c1ccccc1)c1ccccc1. The third-order valence-electron chi connectivity index (χ3n) is 4.30. The molecule has 0 unspecified atom stereocenters. The lowest BCUT2D eigenvalue weighted by atomic mass is 9.98. The van der Waals surface area contributed by atoms with E-state index in [4.69, 9.17) is 10.5 Å². The maximum atomic E-state index is 12.5. The van der Waals surface area contributed by atoms with Gasteiger partial charge in [-0.05, 0) is 29.7 Å². The number of carbonyl (C=O) groups is 1. The van der Waals surface area contributed by atoms with Crippen LogP contribution in [0.4, 0.5) is 5.69 Å². The quantitative estimate of drug-likeness (QED) is 0.464. The molecule has 0 saturated heterocycles. The molecular formula is C23H24N2O2. The number of benzene rings is 3. The van der Waals surface area contributed by atoms with Crippen LogP contribution in [0.25, 0.3) is 0 Å². The number of para-hydroxylation sites is 2. The van der Waals surface area contributed by atoms with Gasteiger partial charge in [0.25, 0.3) is 0 Å². The van der Waals surface area contributed by atoms with Crippen LogP contribution in [0, 0.1) is 0 Å². The van der Waals surface area contributed by atoms with E-state index in [9.17, 15) is 4.79 Å². The van der Waals surface area contributed by atoms with Crippen molar-refractivity contribution in [1.29, 1.82) is 0 Å². The number of hydrogen-bond acceptors (Lipinski definition) is 3. The number of nitrogens with one attached hydrogen (secondary N) is 1. The van der Waals surface area contributed by atoms with Gasteiger partial charge in [0.15, 0.2) is 0 Å². The van der Waals surface area contributed by atoms with Crippen LogP contribution in [0.5, 0.6) is 5.75 Å². The Kier molecular flexibility index (Phi) is 6.47. The fourth-order valence-corrected chi connectivity index (χ4v) is 2.91. The summed E-state index contributed by atoms with van der Waals surface area (Å²) in [5, 5.41) is 3.14. The molecule has 0 fully saturated rings. The van der Waals surface area contributed by atoms with Crippen molar-refractivity contribution in [2.75, 3.05) is 12.3 Å². The van der Waals surface area contributed by atoms with Gasteiger partial charge in [0.1, 0.15) is 5.75 Å². The van der Waals surface area contributed by atoms with Gasteiger partial charge in [-0.15, -0.1) is 0 Å².